The molecular weight excluding hydrogens is 238 g/mol. The van der Waals surface area contributed by atoms with E-state index >= 15 is 0 Å². The number of methoxy groups -OCH3 is 1. The van der Waals surface area contributed by atoms with Crippen LogP contribution in [0.25, 0.3) is 6.08 Å². The summed E-state index contributed by atoms with van der Waals surface area (Å²) in [5.74, 6) is 0.884. The van der Waals surface area contributed by atoms with Crippen LogP contribution in [-0.2, 0) is 0 Å². The first-order valence-corrected chi connectivity index (χ1v) is 6.89. The molecule has 1 aliphatic rings. The quantitative estimate of drug-likeness (QED) is 0.819. The highest BCUT2D eigenvalue weighted by atomic mass is 16.5. The van der Waals surface area contributed by atoms with E-state index in [0.717, 1.165) is 18.8 Å². The van der Waals surface area contributed by atoms with Gasteiger partial charge in [0.05, 0.1) is 13.7 Å². The van der Waals surface area contributed by atoms with Crippen molar-refractivity contribution in [1.82, 2.24) is 4.90 Å². The minimum absolute atomic E-state index is 0.242. The summed E-state index contributed by atoms with van der Waals surface area (Å²) < 4.78 is 5.15. The SMILES string of the molecule is COc1ccc(/C=C(/C)CN(CCO)C2CC2)cc1. The van der Waals surface area contributed by atoms with Gasteiger partial charge in [0.1, 0.15) is 5.75 Å². The smallest absolute Gasteiger partial charge is 0.118 e. The highest BCUT2D eigenvalue weighted by molar-refractivity contribution is 5.53. The Labute approximate surface area is 115 Å². The van der Waals surface area contributed by atoms with Crippen molar-refractivity contribution in [2.45, 2.75) is 25.8 Å². The molecule has 0 unspecified atom stereocenters. The number of hydrogen-bond acceptors (Lipinski definition) is 3. The molecule has 0 aromatic heterocycles. The van der Waals surface area contributed by atoms with Gasteiger partial charge in [-0.3, -0.25) is 4.90 Å². The largest absolute Gasteiger partial charge is 0.497 e. The van der Waals surface area contributed by atoms with Crippen molar-refractivity contribution in [3.63, 3.8) is 0 Å². The number of aliphatic hydroxyl groups is 1. The van der Waals surface area contributed by atoms with Crippen LogP contribution in [0.1, 0.15) is 25.3 Å². The maximum Gasteiger partial charge on any atom is 0.118 e. The van der Waals surface area contributed by atoms with Gasteiger partial charge >= 0.3 is 0 Å². The molecule has 0 heterocycles. The van der Waals surface area contributed by atoms with Gasteiger partial charge < -0.3 is 9.84 Å². The molecule has 1 fully saturated rings. The molecule has 19 heavy (non-hydrogen) atoms. The summed E-state index contributed by atoms with van der Waals surface area (Å²) >= 11 is 0. The van der Waals surface area contributed by atoms with E-state index in [1.807, 2.05) is 12.1 Å². The summed E-state index contributed by atoms with van der Waals surface area (Å²) in [5.41, 5.74) is 2.52. The fourth-order valence-electron chi connectivity index (χ4n) is 2.31. The first-order valence-electron chi connectivity index (χ1n) is 6.89. The monoisotopic (exact) mass is 261 g/mol. The molecule has 0 spiro atoms. The number of hydrogen-bond donors (Lipinski definition) is 1. The summed E-state index contributed by atoms with van der Waals surface area (Å²) in [7, 11) is 1.68. The maximum absolute atomic E-state index is 9.10. The van der Waals surface area contributed by atoms with Gasteiger partial charge in [0.2, 0.25) is 0 Å². The zero-order valence-electron chi connectivity index (χ0n) is 11.8. The molecule has 1 saturated carbocycles. The molecule has 0 aliphatic heterocycles. The summed E-state index contributed by atoms with van der Waals surface area (Å²) in [4.78, 5) is 2.37. The van der Waals surface area contributed by atoms with E-state index in [-0.39, 0.29) is 6.61 Å². The Hall–Kier alpha value is -1.32. The third kappa shape index (κ3) is 4.37. The lowest BCUT2D eigenvalue weighted by Gasteiger charge is -2.21. The molecule has 1 aromatic rings. The summed E-state index contributed by atoms with van der Waals surface area (Å²) in [6, 6.07) is 8.77. The van der Waals surface area contributed by atoms with Crippen LogP contribution >= 0.6 is 0 Å². The Balaban J connectivity index is 1.96. The lowest BCUT2D eigenvalue weighted by Crippen LogP contribution is -2.30. The fourth-order valence-corrected chi connectivity index (χ4v) is 2.31. The molecule has 2 rings (SSSR count). The number of ether oxygens (including phenoxy) is 1. The van der Waals surface area contributed by atoms with Crippen molar-refractivity contribution < 1.29 is 9.84 Å². The first-order chi connectivity index (χ1) is 9.22. The fraction of sp³-hybridized carbons (Fsp3) is 0.500. The van der Waals surface area contributed by atoms with E-state index in [1.54, 1.807) is 7.11 Å². The van der Waals surface area contributed by atoms with Crippen molar-refractivity contribution in [2.24, 2.45) is 0 Å². The minimum atomic E-state index is 0.242. The van der Waals surface area contributed by atoms with E-state index in [0.29, 0.717) is 6.04 Å². The first kappa shape index (κ1) is 14.1. The Morgan fingerprint density at radius 1 is 1.37 bits per heavy atom. The number of benzene rings is 1. The predicted molar refractivity (Wildman–Crippen MR) is 78.3 cm³/mol. The molecular formula is C16H23NO2. The van der Waals surface area contributed by atoms with Gasteiger partial charge in [-0.05, 0) is 37.5 Å². The molecule has 3 heteroatoms. The van der Waals surface area contributed by atoms with Crippen LogP contribution in [0.15, 0.2) is 29.8 Å². The zero-order chi connectivity index (χ0) is 13.7. The van der Waals surface area contributed by atoms with Crippen molar-refractivity contribution in [1.29, 1.82) is 0 Å². The predicted octanol–water partition coefficient (Wildman–Crippen LogP) is 2.56. The van der Waals surface area contributed by atoms with Crippen LogP contribution in [0.5, 0.6) is 5.75 Å². The van der Waals surface area contributed by atoms with Crippen LogP contribution in [0.4, 0.5) is 0 Å². The Bertz CT molecular complexity index is 421. The highest BCUT2D eigenvalue weighted by Crippen LogP contribution is 2.27. The van der Waals surface area contributed by atoms with Crippen LogP contribution in [0.2, 0.25) is 0 Å². The van der Waals surface area contributed by atoms with Crippen molar-refractivity contribution in [3.8, 4) is 5.75 Å². The van der Waals surface area contributed by atoms with Crippen LogP contribution in [0.3, 0.4) is 0 Å². The van der Waals surface area contributed by atoms with Crippen molar-refractivity contribution >= 4 is 6.08 Å². The molecule has 0 amide bonds. The van der Waals surface area contributed by atoms with E-state index in [1.165, 1.54) is 24.0 Å². The van der Waals surface area contributed by atoms with Gasteiger partial charge in [-0.25, -0.2) is 0 Å². The average molecular weight is 261 g/mol. The lowest BCUT2D eigenvalue weighted by molar-refractivity contribution is 0.200. The molecule has 0 saturated heterocycles. The van der Waals surface area contributed by atoms with Gasteiger partial charge in [-0.2, -0.15) is 0 Å². The van der Waals surface area contributed by atoms with E-state index in [9.17, 15) is 0 Å². The third-order valence-electron chi connectivity index (χ3n) is 3.43. The molecule has 1 aromatic carbocycles. The Kier molecular flexibility index (Phi) is 5.00. The average Bonchev–Trinajstić information content (AvgIpc) is 3.23. The second-order valence-corrected chi connectivity index (χ2v) is 5.19. The van der Waals surface area contributed by atoms with Gasteiger partial charge in [-0.1, -0.05) is 23.8 Å². The van der Waals surface area contributed by atoms with Crippen LogP contribution < -0.4 is 4.74 Å². The second kappa shape index (κ2) is 6.73. The topological polar surface area (TPSA) is 32.7 Å². The molecule has 1 aliphatic carbocycles. The molecule has 104 valence electrons. The summed E-state index contributed by atoms with van der Waals surface area (Å²) in [5, 5.41) is 9.10. The summed E-state index contributed by atoms with van der Waals surface area (Å²) in [6.07, 6.45) is 4.75. The standard InChI is InChI=1S/C16H23NO2/c1-13(12-17(9-10-18)15-5-6-15)11-14-3-7-16(19-2)8-4-14/h3-4,7-8,11,15,18H,5-6,9-10,12H2,1-2H3/b13-11-. The lowest BCUT2D eigenvalue weighted by atomic mass is 10.1. The van der Waals surface area contributed by atoms with Gasteiger partial charge in [0, 0.05) is 19.1 Å². The van der Waals surface area contributed by atoms with Gasteiger partial charge in [-0.15, -0.1) is 0 Å². The zero-order valence-corrected chi connectivity index (χ0v) is 11.8. The molecule has 1 N–H and O–H groups in total. The number of nitrogens with zero attached hydrogens (tertiary/aromatic N) is 1. The molecule has 3 nitrogen and oxygen atoms in total. The number of rotatable bonds is 7. The Morgan fingerprint density at radius 3 is 2.58 bits per heavy atom. The summed E-state index contributed by atoms with van der Waals surface area (Å²) in [6.45, 7) is 4.11. The molecule has 0 radical (unpaired) electrons. The molecule has 0 bridgehead atoms. The van der Waals surface area contributed by atoms with E-state index in [4.69, 9.17) is 9.84 Å². The van der Waals surface area contributed by atoms with Gasteiger partial charge in [0.25, 0.3) is 0 Å². The highest BCUT2D eigenvalue weighted by Gasteiger charge is 2.28. The molecule has 0 atom stereocenters. The number of aliphatic hydroxyl groups excluding tert-OH is 1. The normalized spacial score (nSPS) is 15.9. The minimum Gasteiger partial charge on any atom is -0.497 e. The van der Waals surface area contributed by atoms with E-state index in [2.05, 4.69) is 30.0 Å². The maximum atomic E-state index is 9.10. The van der Waals surface area contributed by atoms with Gasteiger partial charge in [0.15, 0.2) is 0 Å². The van der Waals surface area contributed by atoms with E-state index < -0.39 is 0 Å². The Morgan fingerprint density at radius 2 is 2.05 bits per heavy atom. The van der Waals surface area contributed by atoms with Crippen LogP contribution in [-0.4, -0.2) is 42.9 Å². The second-order valence-electron chi connectivity index (χ2n) is 5.19. The van der Waals surface area contributed by atoms with Crippen molar-refractivity contribution in [2.75, 3.05) is 26.8 Å². The van der Waals surface area contributed by atoms with Crippen LogP contribution in [0, 0.1) is 0 Å². The third-order valence-corrected chi connectivity index (χ3v) is 3.43. The van der Waals surface area contributed by atoms with Crippen molar-refractivity contribution in [3.05, 3.63) is 35.4 Å².